The Bertz CT molecular complexity index is 569. The standard InChI is InChI=1S/C17H26N4O2/c1-2-21-15(9-11-19-21)17(23)20-12-5-3-4-10-18-16(22)13-7-6-8-14(13)20/h9,11,13-14H,2-8,10,12H2,1H3,(H,18,22). The van der Waals surface area contributed by atoms with E-state index in [1.165, 1.54) is 0 Å². The van der Waals surface area contributed by atoms with Crippen LogP contribution in [-0.2, 0) is 11.3 Å². The van der Waals surface area contributed by atoms with Crippen molar-refractivity contribution in [3.05, 3.63) is 18.0 Å². The molecule has 1 saturated heterocycles. The topological polar surface area (TPSA) is 67.2 Å². The van der Waals surface area contributed by atoms with Crippen molar-refractivity contribution in [2.75, 3.05) is 13.1 Å². The predicted octanol–water partition coefficient (Wildman–Crippen LogP) is 1.81. The third kappa shape index (κ3) is 3.26. The van der Waals surface area contributed by atoms with E-state index in [-0.39, 0.29) is 23.8 Å². The van der Waals surface area contributed by atoms with E-state index in [9.17, 15) is 9.59 Å². The molecule has 2 atom stereocenters. The second kappa shape index (κ2) is 7.15. The predicted molar refractivity (Wildman–Crippen MR) is 86.9 cm³/mol. The number of nitrogens with zero attached hydrogens (tertiary/aromatic N) is 3. The highest BCUT2D eigenvalue weighted by Gasteiger charge is 2.39. The fourth-order valence-corrected chi connectivity index (χ4v) is 3.88. The number of carbonyl (C=O) groups is 2. The molecule has 6 heteroatoms. The Morgan fingerprint density at radius 1 is 1.30 bits per heavy atom. The number of rotatable bonds is 2. The highest BCUT2D eigenvalue weighted by atomic mass is 16.2. The maximum Gasteiger partial charge on any atom is 0.272 e. The van der Waals surface area contributed by atoms with Crippen LogP contribution in [0.2, 0.25) is 0 Å². The molecule has 1 aromatic rings. The summed E-state index contributed by atoms with van der Waals surface area (Å²) in [5, 5.41) is 7.26. The van der Waals surface area contributed by atoms with E-state index >= 15 is 0 Å². The molecule has 1 aliphatic heterocycles. The lowest BCUT2D eigenvalue weighted by atomic mass is 9.99. The van der Waals surface area contributed by atoms with Gasteiger partial charge in [-0.25, -0.2) is 0 Å². The van der Waals surface area contributed by atoms with Crippen LogP contribution in [0.1, 0.15) is 55.9 Å². The van der Waals surface area contributed by atoms with E-state index < -0.39 is 0 Å². The van der Waals surface area contributed by atoms with E-state index in [0.717, 1.165) is 51.6 Å². The highest BCUT2D eigenvalue weighted by molar-refractivity contribution is 5.93. The van der Waals surface area contributed by atoms with Crippen molar-refractivity contribution in [2.45, 2.75) is 58.0 Å². The summed E-state index contributed by atoms with van der Waals surface area (Å²) in [5.74, 6) is 0.0841. The third-order valence-electron chi connectivity index (χ3n) is 5.09. The van der Waals surface area contributed by atoms with Crippen molar-refractivity contribution < 1.29 is 9.59 Å². The average molecular weight is 318 g/mol. The second-order valence-electron chi connectivity index (χ2n) is 6.49. The van der Waals surface area contributed by atoms with Crippen LogP contribution < -0.4 is 5.32 Å². The van der Waals surface area contributed by atoms with Gasteiger partial charge in [0.15, 0.2) is 0 Å². The zero-order valence-electron chi connectivity index (χ0n) is 13.8. The van der Waals surface area contributed by atoms with E-state index in [0.29, 0.717) is 12.2 Å². The lowest BCUT2D eigenvalue weighted by Gasteiger charge is -2.33. The number of aryl methyl sites for hydroxylation is 1. The Labute approximate surface area is 137 Å². The molecule has 2 heterocycles. The van der Waals surface area contributed by atoms with Gasteiger partial charge in [0.05, 0.1) is 5.92 Å². The van der Waals surface area contributed by atoms with E-state index in [1.54, 1.807) is 16.9 Å². The van der Waals surface area contributed by atoms with Crippen LogP contribution in [0.25, 0.3) is 0 Å². The number of hydrogen-bond acceptors (Lipinski definition) is 3. The number of nitrogens with one attached hydrogen (secondary N) is 1. The van der Waals surface area contributed by atoms with Gasteiger partial charge in [0, 0.05) is 31.9 Å². The molecular formula is C17H26N4O2. The fraction of sp³-hybridized carbons (Fsp3) is 0.706. The maximum absolute atomic E-state index is 13.1. The van der Waals surface area contributed by atoms with E-state index in [1.807, 2.05) is 11.8 Å². The van der Waals surface area contributed by atoms with Crippen LogP contribution in [0, 0.1) is 5.92 Å². The minimum absolute atomic E-state index is 0.0228. The molecule has 126 valence electrons. The number of aromatic nitrogens is 2. The minimum atomic E-state index is -0.0601. The first-order chi connectivity index (χ1) is 11.2. The molecule has 2 aliphatic rings. The molecule has 3 rings (SSSR count). The molecule has 1 aliphatic carbocycles. The quantitative estimate of drug-likeness (QED) is 0.904. The average Bonchev–Trinajstić information content (AvgIpc) is 3.22. The van der Waals surface area contributed by atoms with Gasteiger partial charge in [-0.1, -0.05) is 6.42 Å². The molecule has 0 radical (unpaired) electrons. The van der Waals surface area contributed by atoms with E-state index in [2.05, 4.69) is 10.4 Å². The summed E-state index contributed by atoms with van der Waals surface area (Å²) >= 11 is 0. The van der Waals surface area contributed by atoms with Gasteiger partial charge in [0.1, 0.15) is 5.69 Å². The van der Waals surface area contributed by atoms with Crippen LogP contribution in [0.4, 0.5) is 0 Å². The maximum atomic E-state index is 13.1. The van der Waals surface area contributed by atoms with Crippen LogP contribution in [-0.4, -0.2) is 45.6 Å². The first kappa shape index (κ1) is 16.0. The second-order valence-corrected chi connectivity index (χ2v) is 6.49. The fourth-order valence-electron chi connectivity index (χ4n) is 3.88. The molecule has 2 unspecified atom stereocenters. The van der Waals surface area contributed by atoms with Crippen LogP contribution in [0.15, 0.2) is 12.3 Å². The van der Waals surface area contributed by atoms with Crippen LogP contribution in [0.5, 0.6) is 0 Å². The summed E-state index contributed by atoms with van der Waals surface area (Å²) in [7, 11) is 0. The zero-order valence-corrected chi connectivity index (χ0v) is 13.8. The Hall–Kier alpha value is -1.85. The van der Waals surface area contributed by atoms with Gasteiger partial charge >= 0.3 is 0 Å². The summed E-state index contributed by atoms with van der Waals surface area (Å²) in [5.41, 5.74) is 0.635. The molecule has 0 aromatic carbocycles. The van der Waals surface area contributed by atoms with Crippen LogP contribution >= 0.6 is 0 Å². The molecular weight excluding hydrogens is 292 g/mol. The monoisotopic (exact) mass is 318 g/mol. The first-order valence-electron chi connectivity index (χ1n) is 8.83. The van der Waals surface area contributed by atoms with Gasteiger partial charge in [-0.2, -0.15) is 5.10 Å². The van der Waals surface area contributed by atoms with Gasteiger partial charge in [0.2, 0.25) is 5.91 Å². The minimum Gasteiger partial charge on any atom is -0.356 e. The molecule has 6 nitrogen and oxygen atoms in total. The summed E-state index contributed by atoms with van der Waals surface area (Å²) in [4.78, 5) is 27.5. The summed E-state index contributed by atoms with van der Waals surface area (Å²) in [6.07, 6.45) is 7.51. The van der Waals surface area contributed by atoms with Crippen LogP contribution in [0.3, 0.4) is 0 Å². The molecule has 1 aromatic heterocycles. The number of carbonyl (C=O) groups excluding carboxylic acids is 2. The Kier molecular flexibility index (Phi) is 4.98. The lowest BCUT2D eigenvalue weighted by Crippen LogP contribution is -2.48. The molecule has 1 N–H and O–H groups in total. The summed E-state index contributed by atoms with van der Waals surface area (Å²) in [6, 6.07) is 1.81. The van der Waals surface area contributed by atoms with Gasteiger partial charge < -0.3 is 10.2 Å². The molecule has 2 amide bonds. The van der Waals surface area contributed by atoms with E-state index in [4.69, 9.17) is 0 Å². The molecule has 1 saturated carbocycles. The third-order valence-corrected chi connectivity index (χ3v) is 5.09. The van der Waals surface area contributed by atoms with Gasteiger partial charge in [-0.15, -0.1) is 0 Å². The number of hydrogen-bond donors (Lipinski definition) is 1. The molecule has 0 bridgehead atoms. The SMILES string of the molecule is CCn1nccc1C(=O)N1CCCCCNC(=O)C2CCCC21. The number of fused-ring (bicyclic) bond motifs is 1. The Morgan fingerprint density at radius 3 is 3.00 bits per heavy atom. The number of amides is 2. The first-order valence-corrected chi connectivity index (χ1v) is 8.83. The molecule has 2 fully saturated rings. The normalized spacial score (nSPS) is 25.8. The van der Waals surface area contributed by atoms with Gasteiger partial charge in [-0.05, 0) is 45.1 Å². The summed E-state index contributed by atoms with van der Waals surface area (Å²) < 4.78 is 1.74. The van der Waals surface area contributed by atoms with Crippen molar-refractivity contribution in [3.8, 4) is 0 Å². The highest BCUT2D eigenvalue weighted by Crippen LogP contribution is 2.32. The zero-order chi connectivity index (χ0) is 16.2. The Balaban J connectivity index is 1.86. The largest absolute Gasteiger partial charge is 0.356 e. The van der Waals surface area contributed by atoms with Crippen molar-refractivity contribution >= 4 is 11.8 Å². The summed E-state index contributed by atoms with van der Waals surface area (Å²) in [6.45, 7) is 4.16. The smallest absolute Gasteiger partial charge is 0.272 e. The van der Waals surface area contributed by atoms with Crippen molar-refractivity contribution in [3.63, 3.8) is 0 Å². The van der Waals surface area contributed by atoms with Gasteiger partial charge in [-0.3, -0.25) is 14.3 Å². The Morgan fingerprint density at radius 2 is 2.17 bits per heavy atom. The molecule has 0 spiro atoms. The van der Waals surface area contributed by atoms with Crippen molar-refractivity contribution in [2.24, 2.45) is 5.92 Å². The van der Waals surface area contributed by atoms with Crippen molar-refractivity contribution in [1.29, 1.82) is 0 Å². The van der Waals surface area contributed by atoms with Crippen molar-refractivity contribution in [1.82, 2.24) is 20.0 Å². The molecule has 23 heavy (non-hydrogen) atoms. The van der Waals surface area contributed by atoms with Gasteiger partial charge in [0.25, 0.3) is 5.91 Å². The lowest BCUT2D eigenvalue weighted by molar-refractivity contribution is -0.126.